The highest BCUT2D eigenvalue weighted by Crippen LogP contribution is 2.22. The number of benzene rings is 2. The van der Waals surface area contributed by atoms with Gasteiger partial charge in [0, 0.05) is 23.2 Å². The smallest absolute Gasteiger partial charge is 0.202 e. The maximum absolute atomic E-state index is 6.15. The van der Waals surface area contributed by atoms with E-state index in [2.05, 4.69) is 26.1 Å². The summed E-state index contributed by atoms with van der Waals surface area (Å²) in [5.74, 6) is 1.72. The molecule has 0 bridgehead atoms. The lowest BCUT2D eigenvalue weighted by Crippen LogP contribution is -3.07. The molecule has 1 aromatic heterocycles. The second-order valence-electron chi connectivity index (χ2n) is 6.73. The van der Waals surface area contributed by atoms with Gasteiger partial charge in [0.15, 0.2) is 12.5 Å². The molecule has 1 unspecified atom stereocenters. The van der Waals surface area contributed by atoms with Crippen LogP contribution in [0.4, 0.5) is 0 Å². The van der Waals surface area contributed by atoms with Crippen LogP contribution in [0.3, 0.4) is 0 Å². The standard InChI is InChI=1S/C20H23ClN4OS/c1-14-7-5-6-8-17(14)19-22-25(20(27)24(19)3)13-23(2)12-15-11-16(21)9-10-18(15)26-4/h5-11H,12-13H2,1-4H3/p+1. The second kappa shape index (κ2) is 8.25. The maximum atomic E-state index is 6.15. The summed E-state index contributed by atoms with van der Waals surface area (Å²) in [7, 11) is 5.73. The highest BCUT2D eigenvalue weighted by Gasteiger charge is 2.16. The summed E-state index contributed by atoms with van der Waals surface area (Å²) in [6.45, 7) is 3.48. The molecule has 3 aromatic rings. The van der Waals surface area contributed by atoms with Crippen molar-refractivity contribution < 1.29 is 9.64 Å². The van der Waals surface area contributed by atoms with E-state index in [1.54, 1.807) is 7.11 Å². The Labute approximate surface area is 169 Å². The number of halogens is 1. The molecule has 1 heterocycles. The van der Waals surface area contributed by atoms with Gasteiger partial charge in [-0.15, -0.1) is 5.10 Å². The van der Waals surface area contributed by atoms with Gasteiger partial charge in [-0.05, 0) is 42.9 Å². The van der Waals surface area contributed by atoms with Crippen molar-refractivity contribution in [3.8, 4) is 17.1 Å². The van der Waals surface area contributed by atoms with Gasteiger partial charge in [-0.3, -0.25) is 0 Å². The second-order valence-corrected chi connectivity index (χ2v) is 7.53. The number of aryl methyl sites for hydroxylation is 1. The van der Waals surface area contributed by atoms with E-state index in [9.17, 15) is 0 Å². The minimum absolute atomic E-state index is 0.647. The predicted molar refractivity (Wildman–Crippen MR) is 111 cm³/mol. The van der Waals surface area contributed by atoms with E-state index >= 15 is 0 Å². The van der Waals surface area contributed by atoms with E-state index < -0.39 is 0 Å². The summed E-state index contributed by atoms with van der Waals surface area (Å²) in [4.78, 5) is 1.22. The summed E-state index contributed by atoms with van der Waals surface area (Å²) in [6.07, 6.45) is 0. The van der Waals surface area contributed by atoms with Gasteiger partial charge in [-0.25, -0.2) is 0 Å². The van der Waals surface area contributed by atoms with Crippen LogP contribution in [0.15, 0.2) is 42.5 Å². The van der Waals surface area contributed by atoms with Gasteiger partial charge in [-0.1, -0.05) is 35.9 Å². The molecular weight excluding hydrogens is 380 g/mol. The molecule has 0 saturated carbocycles. The molecule has 1 atom stereocenters. The Balaban J connectivity index is 1.84. The molecule has 1 N–H and O–H groups in total. The maximum Gasteiger partial charge on any atom is 0.202 e. The zero-order valence-corrected chi connectivity index (χ0v) is 17.6. The highest BCUT2D eigenvalue weighted by atomic mass is 35.5. The number of rotatable bonds is 6. The largest absolute Gasteiger partial charge is 0.496 e. The first-order valence-electron chi connectivity index (χ1n) is 8.74. The molecule has 0 radical (unpaired) electrons. The summed E-state index contributed by atoms with van der Waals surface area (Å²) >= 11 is 11.8. The molecule has 0 saturated heterocycles. The van der Waals surface area contributed by atoms with Crippen molar-refractivity contribution in [2.24, 2.45) is 7.05 Å². The lowest BCUT2D eigenvalue weighted by molar-refractivity contribution is -0.917. The van der Waals surface area contributed by atoms with Gasteiger partial charge in [0.05, 0.1) is 14.2 Å². The number of methoxy groups -OCH3 is 1. The number of quaternary nitrogens is 1. The van der Waals surface area contributed by atoms with Crippen molar-refractivity contribution in [2.75, 3.05) is 14.2 Å². The number of ether oxygens (including phenoxy) is 1. The number of nitrogens with zero attached hydrogens (tertiary/aromatic N) is 3. The van der Waals surface area contributed by atoms with E-state index in [-0.39, 0.29) is 0 Å². The van der Waals surface area contributed by atoms with Crippen LogP contribution in [0.2, 0.25) is 5.02 Å². The number of hydrogen-bond donors (Lipinski definition) is 1. The third kappa shape index (κ3) is 4.24. The third-order valence-corrected chi connectivity index (χ3v) is 5.30. The molecule has 3 rings (SSSR count). The Hall–Kier alpha value is -2.15. The summed E-state index contributed by atoms with van der Waals surface area (Å²) in [6, 6.07) is 13.9. The van der Waals surface area contributed by atoms with Crippen LogP contribution in [-0.2, 0) is 20.3 Å². The first-order chi connectivity index (χ1) is 12.9. The molecule has 0 aliphatic rings. The first-order valence-corrected chi connectivity index (χ1v) is 9.53. The lowest BCUT2D eigenvalue weighted by Gasteiger charge is -2.16. The highest BCUT2D eigenvalue weighted by molar-refractivity contribution is 7.71. The van der Waals surface area contributed by atoms with Gasteiger partial charge in [0.2, 0.25) is 4.77 Å². The normalized spacial score (nSPS) is 12.2. The van der Waals surface area contributed by atoms with Crippen LogP contribution in [-0.4, -0.2) is 28.5 Å². The van der Waals surface area contributed by atoms with E-state index in [4.69, 9.17) is 33.7 Å². The summed E-state index contributed by atoms with van der Waals surface area (Å²) in [5, 5.41) is 5.48. The van der Waals surface area contributed by atoms with Crippen LogP contribution >= 0.6 is 23.8 Å². The van der Waals surface area contributed by atoms with Gasteiger partial charge >= 0.3 is 0 Å². The fourth-order valence-electron chi connectivity index (χ4n) is 3.17. The van der Waals surface area contributed by atoms with Crippen LogP contribution < -0.4 is 9.64 Å². The Morgan fingerprint density at radius 3 is 2.67 bits per heavy atom. The van der Waals surface area contributed by atoms with Gasteiger partial charge in [0.25, 0.3) is 0 Å². The Morgan fingerprint density at radius 1 is 1.22 bits per heavy atom. The quantitative estimate of drug-likeness (QED) is 0.642. The van der Waals surface area contributed by atoms with Crippen LogP contribution in [0.5, 0.6) is 5.75 Å². The van der Waals surface area contributed by atoms with E-state index in [0.29, 0.717) is 16.5 Å². The third-order valence-electron chi connectivity index (χ3n) is 4.58. The topological polar surface area (TPSA) is 36.4 Å². The fourth-order valence-corrected chi connectivity index (χ4v) is 3.56. The molecular formula is C20H24ClN4OS+. The molecule has 0 fully saturated rings. The zero-order chi connectivity index (χ0) is 19.6. The summed E-state index contributed by atoms with van der Waals surface area (Å²) in [5.41, 5.74) is 3.33. The van der Waals surface area contributed by atoms with Crippen molar-refractivity contribution in [1.29, 1.82) is 0 Å². The van der Waals surface area contributed by atoms with Crippen molar-refractivity contribution >= 4 is 23.8 Å². The van der Waals surface area contributed by atoms with E-state index in [1.807, 2.05) is 46.6 Å². The van der Waals surface area contributed by atoms with Gasteiger partial charge in [-0.2, -0.15) is 4.68 Å². The SMILES string of the molecule is COc1ccc(Cl)cc1C[NH+](C)Cn1nc(-c2ccccc2C)n(C)c1=S. The van der Waals surface area contributed by atoms with Crippen molar-refractivity contribution in [3.05, 3.63) is 63.4 Å². The fraction of sp³-hybridized carbons (Fsp3) is 0.300. The molecule has 2 aromatic carbocycles. The van der Waals surface area contributed by atoms with Gasteiger partial charge in [0.1, 0.15) is 12.3 Å². The monoisotopic (exact) mass is 403 g/mol. The molecule has 7 heteroatoms. The van der Waals surface area contributed by atoms with Crippen molar-refractivity contribution in [1.82, 2.24) is 14.3 Å². The van der Waals surface area contributed by atoms with Gasteiger partial charge < -0.3 is 14.2 Å². The molecule has 0 amide bonds. The minimum Gasteiger partial charge on any atom is -0.496 e. The van der Waals surface area contributed by atoms with Crippen LogP contribution in [0, 0.1) is 11.7 Å². The van der Waals surface area contributed by atoms with E-state index in [0.717, 1.165) is 29.2 Å². The van der Waals surface area contributed by atoms with E-state index in [1.165, 1.54) is 10.5 Å². The summed E-state index contributed by atoms with van der Waals surface area (Å²) < 4.78 is 9.99. The lowest BCUT2D eigenvalue weighted by atomic mass is 10.1. The zero-order valence-electron chi connectivity index (χ0n) is 16.0. The molecule has 0 spiro atoms. The van der Waals surface area contributed by atoms with Crippen molar-refractivity contribution in [2.45, 2.75) is 20.1 Å². The number of hydrogen-bond acceptors (Lipinski definition) is 3. The number of aromatic nitrogens is 3. The Morgan fingerprint density at radius 2 is 1.96 bits per heavy atom. The molecule has 0 aliphatic carbocycles. The van der Waals surface area contributed by atoms with Crippen molar-refractivity contribution in [3.63, 3.8) is 0 Å². The van der Waals surface area contributed by atoms with Crippen LogP contribution in [0.25, 0.3) is 11.4 Å². The number of nitrogens with one attached hydrogen (secondary N) is 1. The molecule has 27 heavy (non-hydrogen) atoms. The molecule has 142 valence electrons. The Bertz CT molecular complexity index is 1010. The average Bonchev–Trinajstić information content (AvgIpc) is 2.90. The first kappa shape index (κ1) is 19.6. The average molecular weight is 404 g/mol. The molecule has 5 nitrogen and oxygen atoms in total. The molecule has 0 aliphatic heterocycles. The Kier molecular flexibility index (Phi) is 5.99. The van der Waals surface area contributed by atoms with Crippen LogP contribution in [0.1, 0.15) is 11.1 Å². The minimum atomic E-state index is 0.647. The predicted octanol–water partition coefficient (Wildman–Crippen LogP) is 3.26.